The maximum absolute atomic E-state index is 13.7. The molecule has 0 spiro atoms. The molecule has 30 heavy (non-hydrogen) atoms. The van der Waals surface area contributed by atoms with Crippen LogP contribution in [-0.4, -0.2) is 23.0 Å². The van der Waals surface area contributed by atoms with Gasteiger partial charge in [-0.05, 0) is 5.41 Å². The Hall–Kier alpha value is -3.01. The molecule has 4 nitrogen and oxygen atoms in total. The molecule has 0 unspecified atom stereocenters. The highest BCUT2D eigenvalue weighted by atomic mass is 16.5. The van der Waals surface area contributed by atoms with Crippen LogP contribution in [0.3, 0.4) is 0 Å². The van der Waals surface area contributed by atoms with E-state index in [-0.39, 0.29) is 17.3 Å². The van der Waals surface area contributed by atoms with E-state index in [2.05, 4.69) is 0 Å². The van der Waals surface area contributed by atoms with E-state index in [4.69, 9.17) is 4.74 Å². The largest absolute Gasteiger partial charge is 0.469 e. The van der Waals surface area contributed by atoms with Crippen molar-refractivity contribution in [3.05, 3.63) is 76.4 Å². The van der Waals surface area contributed by atoms with Crippen LogP contribution in [0.2, 0.25) is 0 Å². The number of ether oxygens (including phenoxy) is 1. The van der Waals surface area contributed by atoms with E-state index in [1.165, 1.54) is 0 Å². The number of hydrogen-bond donors (Lipinski definition) is 0. The van der Waals surface area contributed by atoms with Crippen molar-refractivity contribution in [3.8, 4) is 0 Å². The number of benzene rings is 2. The van der Waals surface area contributed by atoms with Crippen LogP contribution in [-0.2, 0) is 4.74 Å². The molecule has 0 aromatic heterocycles. The molecule has 0 saturated carbocycles. The van der Waals surface area contributed by atoms with Crippen molar-refractivity contribution in [1.29, 1.82) is 0 Å². The Morgan fingerprint density at radius 1 is 0.667 bits per heavy atom. The van der Waals surface area contributed by atoms with Gasteiger partial charge >= 0.3 is 0 Å². The molecule has 0 saturated heterocycles. The van der Waals surface area contributed by atoms with Crippen LogP contribution in [0.4, 0.5) is 0 Å². The third-order valence-electron chi connectivity index (χ3n) is 5.99. The summed E-state index contributed by atoms with van der Waals surface area (Å²) < 4.78 is 6.53. The Bertz CT molecular complexity index is 1100. The summed E-state index contributed by atoms with van der Waals surface area (Å²) in [7, 11) is 0. The van der Waals surface area contributed by atoms with Crippen LogP contribution in [0.5, 0.6) is 0 Å². The normalized spacial score (nSPS) is 18.0. The predicted molar refractivity (Wildman–Crippen MR) is 116 cm³/mol. The van der Waals surface area contributed by atoms with Gasteiger partial charge in [0.25, 0.3) is 0 Å². The van der Waals surface area contributed by atoms with E-state index in [1.54, 1.807) is 36.4 Å². The Labute approximate surface area is 176 Å². The maximum Gasteiger partial charge on any atom is 0.238 e. The molecule has 2 aromatic carbocycles. The smallest absolute Gasteiger partial charge is 0.238 e. The van der Waals surface area contributed by atoms with Gasteiger partial charge in [-0.2, -0.15) is 0 Å². The van der Waals surface area contributed by atoms with Gasteiger partial charge in [0.2, 0.25) is 17.2 Å². The minimum Gasteiger partial charge on any atom is -0.469 e. The second-order valence-electron chi connectivity index (χ2n) is 10.1. The average molecular weight is 402 g/mol. The number of ketones is 3. The molecule has 0 bridgehead atoms. The number of carbonyl (C=O) groups excluding carboxylic acids is 3. The Morgan fingerprint density at radius 3 is 1.53 bits per heavy atom. The number of carbonyl (C=O) groups is 3. The van der Waals surface area contributed by atoms with Gasteiger partial charge in [-0.3, -0.25) is 14.4 Å². The van der Waals surface area contributed by atoms with E-state index in [9.17, 15) is 14.4 Å². The molecule has 4 heteroatoms. The topological polar surface area (TPSA) is 60.4 Å². The zero-order valence-electron chi connectivity index (χ0n) is 18.3. The average Bonchev–Trinajstić information content (AvgIpc) is 3.07. The quantitative estimate of drug-likeness (QED) is 0.621. The highest BCUT2D eigenvalue weighted by molar-refractivity contribution is 6.33. The minimum absolute atomic E-state index is 0.118. The molecule has 0 fully saturated rings. The van der Waals surface area contributed by atoms with Crippen LogP contribution in [0.15, 0.2) is 54.1 Å². The van der Waals surface area contributed by atoms with Gasteiger partial charge in [0, 0.05) is 33.2 Å². The molecule has 0 heterocycles. The first-order chi connectivity index (χ1) is 13.9. The number of rotatable bonds is 2. The molecule has 0 atom stereocenters. The summed E-state index contributed by atoms with van der Waals surface area (Å²) in [5, 5.41) is 0. The van der Waals surface area contributed by atoms with Gasteiger partial charge in [0.1, 0.15) is 5.76 Å². The monoisotopic (exact) mass is 402 g/mol. The molecule has 154 valence electrons. The molecule has 2 aromatic rings. The standard InChI is InChI=1S/C26H26O4/c1-24(2,3)19-20(27)15-11-7-8-12-16(15)21(19)30-26(25(4,5)6)22(28)17-13-9-10-14-18(17)23(26)29/h7-14H,1-6H3. The molecular weight excluding hydrogens is 376 g/mol. The van der Waals surface area contributed by atoms with Gasteiger partial charge in [-0.15, -0.1) is 0 Å². The zero-order valence-corrected chi connectivity index (χ0v) is 18.3. The van der Waals surface area contributed by atoms with Crippen molar-refractivity contribution in [3.63, 3.8) is 0 Å². The minimum atomic E-state index is -1.74. The van der Waals surface area contributed by atoms with Gasteiger partial charge in [0.15, 0.2) is 5.78 Å². The van der Waals surface area contributed by atoms with Crippen molar-refractivity contribution in [2.45, 2.75) is 47.1 Å². The summed E-state index contributed by atoms with van der Waals surface area (Å²) in [4.78, 5) is 40.6. The fourth-order valence-corrected chi connectivity index (χ4v) is 4.48. The van der Waals surface area contributed by atoms with E-state index < -0.39 is 16.4 Å². The molecule has 0 amide bonds. The summed E-state index contributed by atoms with van der Waals surface area (Å²) in [6, 6.07) is 14.0. The Balaban J connectivity index is 1.99. The lowest BCUT2D eigenvalue weighted by molar-refractivity contribution is -0.0132. The number of Topliss-reactive ketones (excluding diaryl/α,β-unsaturated/α-hetero) is 3. The lowest BCUT2D eigenvalue weighted by Crippen LogP contribution is -2.54. The van der Waals surface area contributed by atoms with Gasteiger partial charge in [0.05, 0.1) is 0 Å². The van der Waals surface area contributed by atoms with Crippen molar-refractivity contribution < 1.29 is 19.1 Å². The third kappa shape index (κ3) is 2.56. The SMILES string of the molecule is CC(C)(C)C1=C(OC2(C(C)(C)C)C(=O)c3ccccc3C2=O)c2ccccc2C1=O. The maximum atomic E-state index is 13.7. The summed E-state index contributed by atoms with van der Waals surface area (Å²) in [6.07, 6.45) is 0. The van der Waals surface area contributed by atoms with E-state index >= 15 is 0 Å². The number of hydrogen-bond acceptors (Lipinski definition) is 4. The molecule has 0 N–H and O–H groups in total. The summed E-state index contributed by atoms with van der Waals surface area (Å²) in [5.74, 6) is -0.485. The number of fused-ring (bicyclic) bond motifs is 2. The molecule has 2 aliphatic rings. The third-order valence-corrected chi connectivity index (χ3v) is 5.99. The summed E-state index contributed by atoms with van der Waals surface area (Å²) in [6.45, 7) is 11.3. The van der Waals surface area contributed by atoms with Crippen LogP contribution < -0.4 is 0 Å². The molecule has 4 rings (SSSR count). The summed E-state index contributed by atoms with van der Waals surface area (Å²) >= 11 is 0. The second kappa shape index (κ2) is 6.24. The van der Waals surface area contributed by atoms with Gasteiger partial charge in [-0.1, -0.05) is 90.1 Å². The molecular formula is C26H26O4. The predicted octanol–water partition coefficient (Wildman–Crippen LogP) is 5.52. The van der Waals surface area contributed by atoms with Crippen molar-refractivity contribution >= 4 is 23.1 Å². The molecule has 0 radical (unpaired) electrons. The fourth-order valence-electron chi connectivity index (χ4n) is 4.48. The highest BCUT2D eigenvalue weighted by Gasteiger charge is 2.63. The van der Waals surface area contributed by atoms with Crippen LogP contribution in [0.25, 0.3) is 5.76 Å². The van der Waals surface area contributed by atoms with E-state index in [0.29, 0.717) is 33.6 Å². The lowest BCUT2D eigenvalue weighted by atomic mass is 9.72. The fraction of sp³-hybridized carbons (Fsp3) is 0.346. The first kappa shape index (κ1) is 20.3. The second-order valence-corrected chi connectivity index (χ2v) is 10.1. The van der Waals surface area contributed by atoms with Crippen molar-refractivity contribution in [1.82, 2.24) is 0 Å². The van der Waals surface area contributed by atoms with Crippen LogP contribution in [0.1, 0.15) is 78.2 Å². The molecule has 0 aliphatic heterocycles. The van der Waals surface area contributed by atoms with E-state index in [0.717, 1.165) is 0 Å². The van der Waals surface area contributed by atoms with E-state index in [1.807, 2.05) is 53.7 Å². The lowest BCUT2D eigenvalue weighted by Gasteiger charge is -2.40. The Morgan fingerprint density at radius 2 is 1.10 bits per heavy atom. The van der Waals surface area contributed by atoms with Crippen molar-refractivity contribution in [2.24, 2.45) is 10.8 Å². The highest BCUT2D eigenvalue weighted by Crippen LogP contribution is 2.51. The van der Waals surface area contributed by atoms with Crippen molar-refractivity contribution in [2.75, 3.05) is 0 Å². The van der Waals surface area contributed by atoms with Gasteiger partial charge in [-0.25, -0.2) is 0 Å². The molecule has 2 aliphatic carbocycles. The van der Waals surface area contributed by atoms with Gasteiger partial charge < -0.3 is 4.74 Å². The summed E-state index contributed by atoms with van der Waals surface area (Å²) in [5.41, 5.74) is -0.701. The van der Waals surface area contributed by atoms with Crippen LogP contribution in [0, 0.1) is 10.8 Å². The first-order valence-electron chi connectivity index (χ1n) is 10.2. The first-order valence-corrected chi connectivity index (χ1v) is 10.2. The number of allylic oxidation sites excluding steroid dienone is 1. The van der Waals surface area contributed by atoms with Crippen LogP contribution >= 0.6 is 0 Å². The zero-order chi connectivity index (χ0) is 22.1. The Kier molecular flexibility index (Phi) is 4.22.